The third kappa shape index (κ3) is 5.07. The van der Waals surface area contributed by atoms with Crippen molar-refractivity contribution >= 4 is 29.3 Å². The minimum atomic E-state index is -0.554. The summed E-state index contributed by atoms with van der Waals surface area (Å²) in [5.74, 6) is -0.871. The molecule has 0 bridgehead atoms. The largest absolute Gasteiger partial charge is 0.465 e. The molecule has 0 heterocycles. The van der Waals surface area contributed by atoms with Crippen molar-refractivity contribution in [2.45, 2.75) is 13.8 Å². The van der Waals surface area contributed by atoms with Gasteiger partial charge in [-0.15, -0.1) is 0 Å². The van der Waals surface area contributed by atoms with E-state index < -0.39 is 12.0 Å². The zero-order valence-electron chi connectivity index (χ0n) is 15.8. The Bertz CT molecular complexity index is 864. The van der Waals surface area contributed by atoms with Crippen LogP contribution in [-0.2, 0) is 9.53 Å². The molecule has 7 heteroatoms. The average Bonchev–Trinajstić information content (AvgIpc) is 2.65. The molecule has 2 rings (SSSR count). The number of urea groups is 1. The normalized spacial score (nSPS) is 10.1. The van der Waals surface area contributed by atoms with Crippen molar-refractivity contribution in [1.82, 2.24) is 4.90 Å². The van der Waals surface area contributed by atoms with Gasteiger partial charge in [-0.2, -0.15) is 0 Å². The van der Waals surface area contributed by atoms with Crippen molar-refractivity contribution < 1.29 is 19.1 Å². The summed E-state index contributed by atoms with van der Waals surface area (Å²) >= 11 is 0. The highest BCUT2D eigenvalue weighted by atomic mass is 16.5. The SMILES string of the molecule is COC(=O)c1ccccc1NC(=O)N(C)CC(=O)Nc1cccc(C)c1C. The van der Waals surface area contributed by atoms with Gasteiger partial charge < -0.3 is 20.3 Å². The van der Waals surface area contributed by atoms with Gasteiger partial charge in [-0.3, -0.25) is 4.79 Å². The molecule has 0 fully saturated rings. The number of aryl methyl sites for hydroxylation is 1. The van der Waals surface area contributed by atoms with Crippen LogP contribution in [0.15, 0.2) is 42.5 Å². The van der Waals surface area contributed by atoms with Gasteiger partial charge >= 0.3 is 12.0 Å². The number of nitrogens with zero attached hydrogens (tertiary/aromatic N) is 1. The molecule has 0 unspecified atom stereocenters. The fourth-order valence-electron chi connectivity index (χ4n) is 2.45. The van der Waals surface area contributed by atoms with E-state index >= 15 is 0 Å². The second-order valence-corrected chi connectivity index (χ2v) is 6.12. The lowest BCUT2D eigenvalue weighted by Crippen LogP contribution is -2.38. The third-order valence-electron chi connectivity index (χ3n) is 4.18. The minimum Gasteiger partial charge on any atom is -0.465 e. The summed E-state index contributed by atoms with van der Waals surface area (Å²) in [6.45, 7) is 3.74. The molecule has 2 N–H and O–H groups in total. The number of amides is 3. The number of para-hydroxylation sites is 1. The van der Waals surface area contributed by atoms with Gasteiger partial charge in [0.15, 0.2) is 0 Å². The van der Waals surface area contributed by atoms with E-state index in [2.05, 4.69) is 10.6 Å². The quantitative estimate of drug-likeness (QED) is 0.793. The molecule has 27 heavy (non-hydrogen) atoms. The van der Waals surface area contributed by atoms with Gasteiger partial charge in [0, 0.05) is 12.7 Å². The second-order valence-electron chi connectivity index (χ2n) is 6.12. The number of methoxy groups -OCH3 is 1. The maximum absolute atomic E-state index is 12.4. The Kier molecular flexibility index (Phi) is 6.54. The van der Waals surface area contributed by atoms with Gasteiger partial charge in [0.2, 0.25) is 5.91 Å². The standard InChI is InChI=1S/C20H23N3O4/c1-13-8-7-11-16(14(13)2)21-18(24)12-23(3)20(26)22-17-10-6-5-9-15(17)19(25)27-4/h5-11H,12H2,1-4H3,(H,21,24)(H,22,26). The lowest BCUT2D eigenvalue weighted by molar-refractivity contribution is -0.116. The summed E-state index contributed by atoms with van der Waals surface area (Å²) < 4.78 is 4.70. The number of anilines is 2. The van der Waals surface area contributed by atoms with Gasteiger partial charge in [-0.05, 0) is 43.2 Å². The summed E-state index contributed by atoms with van der Waals surface area (Å²) in [4.78, 5) is 37.6. The van der Waals surface area contributed by atoms with Gasteiger partial charge in [0.1, 0.15) is 6.54 Å². The van der Waals surface area contributed by atoms with E-state index in [4.69, 9.17) is 4.74 Å². The van der Waals surface area contributed by atoms with Crippen LogP contribution in [0.1, 0.15) is 21.5 Å². The number of nitrogens with one attached hydrogen (secondary N) is 2. The van der Waals surface area contributed by atoms with E-state index in [0.717, 1.165) is 11.1 Å². The van der Waals surface area contributed by atoms with Crippen LogP contribution in [0.25, 0.3) is 0 Å². The molecule has 0 aliphatic carbocycles. The van der Waals surface area contributed by atoms with Crippen LogP contribution >= 0.6 is 0 Å². The molecular weight excluding hydrogens is 346 g/mol. The lowest BCUT2D eigenvalue weighted by Gasteiger charge is -2.19. The van der Waals surface area contributed by atoms with Crippen molar-refractivity contribution in [1.29, 1.82) is 0 Å². The zero-order chi connectivity index (χ0) is 20.0. The predicted octanol–water partition coefficient (Wildman–Crippen LogP) is 3.19. The van der Waals surface area contributed by atoms with E-state index in [-0.39, 0.29) is 18.0 Å². The predicted molar refractivity (Wildman–Crippen MR) is 104 cm³/mol. The Morgan fingerprint density at radius 1 is 0.963 bits per heavy atom. The van der Waals surface area contributed by atoms with Crippen LogP contribution in [0.3, 0.4) is 0 Å². The van der Waals surface area contributed by atoms with Gasteiger partial charge in [-0.25, -0.2) is 9.59 Å². The molecule has 0 saturated carbocycles. The van der Waals surface area contributed by atoms with Crippen molar-refractivity contribution in [2.75, 3.05) is 31.3 Å². The Hall–Kier alpha value is -3.35. The molecule has 0 aliphatic rings. The Morgan fingerprint density at radius 3 is 2.33 bits per heavy atom. The Morgan fingerprint density at radius 2 is 1.63 bits per heavy atom. The monoisotopic (exact) mass is 369 g/mol. The maximum Gasteiger partial charge on any atom is 0.339 e. The van der Waals surface area contributed by atoms with Gasteiger partial charge in [0.25, 0.3) is 0 Å². The Labute approximate surface area is 158 Å². The highest BCUT2D eigenvalue weighted by molar-refractivity contribution is 6.02. The van der Waals surface area contributed by atoms with E-state index in [1.54, 1.807) is 24.3 Å². The number of likely N-dealkylation sites (N-methyl/N-ethyl adjacent to an activating group) is 1. The molecule has 0 saturated heterocycles. The van der Waals surface area contributed by atoms with Crippen LogP contribution in [0.4, 0.5) is 16.2 Å². The summed E-state index contributed by atoms with van der Waals surface area (Å²) in [6.07, 6.45) is 0. The number of hydrogen-bond donors (Lipinski definition) is 2. The highest BCUT2D eigenvalue weighted by Crippen LogP contribution is 2.18. The number of benzene rings is 2. The average molecular weight is 369 g/mol. The second kappa shape index (κ2) is 8.84. The fraction of sp³-hybridized carbons (Fsp3) is 0.250. The summed E-state index contributed by atoms with van der Waals surface area (Å²) in [7, 11) is 2.77. The molecule has 0 aromatic heterocycles. The van der Waals surface area contributed by atoms with E-state index in [9.17, 15) is 14.4 Å². The molecule has 0 aliphatic heterocycles. The molecule has 0 atom stereocenters. The number of carbonyl (C=O) groups is 3. The first-order valence-electron chi connectivity index (χ1n) is 8.39. The van der Waals surface area contributed by atoms with Crippen LogP contribution in [-0.4, -0.2) is 43.5 Å². The van der Waals surface area contributed by atoms with Crippen LogP contribution in [0, 0.1) is 13.8 Å². The van der Waals surface area contributed by atoms with Gasteiger partial charge in [-0.1, -0.05) is 24.3 Å². The van der Waals surface area contributed by atoms with Crippen LogP contribution < -0.4 is 10.6 Å². The van der Waals surface area contributed by atoms with Crippen molar-refractivity contribution in [2.24, 2.45) is 0 Å². The van der Waals surface area contributed by atoms with E-state index in [1.807, 2.05) is 32.0 Å². The van der Waals surface area contributed by atoms with E-state index in [1.165, 1.54) is 19.1 Å². The number of carbonyl (C=O) groups excluding carboxylic acids is 3. The molecule has 0 spiro atoms. The molecule has 0 radical (unpaired) electrons. The maximum atomic E-state index is 12.4. The smallest absolute Gasteiger partial charge is 0.339 e. The number of ether oxygens (including phenoxy) is 1. The summed E-state index contributed by atoms with van der Waals surface area (Å²) in [5.41, 5.74) is 3.31. The zero-order valence-corrected chi connectivity index (χ0v) is 15.8. The van der Waals surface area contributed by atoms with Crippen LogP contribution in [0.2, 0.25) is 0 Å². The summed E-state index contributed by atoms with van der Waals surface area (Å²) in [5, 5.41) is 5.43. The first-order chi connectivity index (χ1) is 12.8. The molecule has 7 nitrogen and oxygen atoms in total. The van der Waals surface area contributed by atoms with E-state index in [0.29, 0.717) is 11.4 Å². The Balaban J connectivity index is 2.01. The summed E-state index contributed by atoms with van der Waals surface area (Å²) in [6, 6.07) is 11.6. The topological polar surface area (TPSA) is 87.7 Å². The molecule has 3 amide bonds. The first-order valence-corrected chi connectivity index (χ1v) is 8.39. The molecular formula is C20H23N3O4. The van der Waals surface area contributed by atoms with Crippen molar-refractivity contribution in [3.63, 3.8) is 0 Å². The fourth-order valence-corrected chi connectivity index (χ4v) is 2.45. The van der Waals surface area contributed by atoms with Crippen molar-refractivity contribution in [3.8, 4) is 0 Å². The van der Waals surface area contributed by atoms with Crippen molar-refractivity contribution in [3.05, 3.63) is 59.2 Å². The molecule has 2 aromatic rings. The van der Waals surface area contributed by atoms with Crippen LogP contribution in [0.5, 0.6) is 0 Å². The lowest BCUT2D eigenvalue weighted by atomic mass is 10.1. The number of rotatable bonds is 5. The van der Waals surface area contributed by atoms with Gasteiger partial charge in [0.05, 0.1) is 18.4 Å². The highest BCUT2D eigenvalue weighted by Gasteiger charge is 2.17. The minimum absolute atomic E-state index is 0.139. The molecule has 142 valence electrons. The molecule has 2 aromatic carbocycles. The number of esters is 1. The number of hydrogen-bond acceptors (Lipinski definition) is 4. The third-order valence-corrected chi connectivity index (χ3v) is 4.18. The first kappa shape index (κ1) is 20.0.